The highest BCUT2D eigenvalue weighted by atomic mass is 35.5. The normalized spacial score (nSPS) is 11.1. The number of benzene rings is 3. The van der Waals surface area contributed by atoms with E-state index in [0.29, 0.717) is 37.0 Å². The van der Waals surface area contributed by atoms with Crippen LogP contribution in [0.15, 0.2) is 66.7 Å². The van der Waals surface area contributed by atoms with Gasteiger partial charge in [0, 0.05) is 21.2 Å². The van der Waals surface area contributed by atoms with E-state index in [0.717, 1.165) is 16.9 Å². The molecule has 0 bridgehead atoms. The van der Waals surface area contributed by atoms with Crippen molar-refractivity contribution in [3.05, 3.63) is 103 Å². The Hall–Kier alpha value is -3.41. The first-order chi connectivity index (χ1) is 16.9. The van der Waals surface area contributed by atoms with Crippen molar-refractivity contribution in [2.24, 2.45) is 0 Å². The van der Waals surface area contributed by atoms with Crippen molar-refractivity contribution in [2.75, 3.05) is 5.32 Å². The van der Waals surface area contributed by atoms with E-state index in [1.807, 2.05) is 18.2 Å². The fourth-order valence-corrected chi connectivity index (χ4v) is 4.41. The number of allylic oxidation sites excluding steroid dienone is 1. The SMILES string of the molecule is N#CC(=Cc1cc(Cl)cc(Cl)c1OCc1ccc(Cl)cc1)c1nnc(NC(=O)c2ccccc2)s1. The molecule has 1 aromatic heterocycles. The number of ether oxygens (including phenoxy) is 1. The Morgan fingerprint density at radius 2 is 1.77 bits per heavy atom. The van der Waals surface area contributed by atoms with Crippen molar-refractivity contribution >= 4 is 68.8 Å². The number of carbonyl (C=O) groups excluding carboxylic acids is 1. The molecule has 35 heavy (non-hydrogen) atoms. The highest BCUT2D eigenvalue weighted by Crippen LogP contribution is 2.36. The predicted molar refractivity (Wildman–Crippen MR) is 140 cm³/mol. The third kappa shape index (κ3) is 6.38. The van der Waals surface area contributed by atoms with Crippen LogP contribution < -0.4 is 10.1 Å². The largest absolute Gasteiger partial charge is 0.487 e. The number of hydrogen-bond donors (Lipinski definition) is 1. The molecule has 0 aliphatic heterocycles. The lowest BCUT2D eigenvalue weighted by molar-refractivity contribution is 0.102. The quantitative estimate of drug-likeness (QED) is 0.246. The summed E-state index contributed by atoms with van der Waals surface area (Å²) >= 11 is 19.6. The number of rotatable bonds is 7. The minimum absolute atomic E-state index is 0.206. The minimum Gasteiger partial charge on any atom is -0.487 e. The summed E-state index contributed by atoms with van der Waals surface area (Å²) in [4.78, 5) is 12.4. The average molecular weight is 542 g/mol. The third-order valence-corrected chi connectivity index (χ3v) is 6.29. The smallest absolute Gasteiger partial charge is 0.257 e. The van der Waals surface area contributed by atoms with E-state index >= 15 is 0 Å². The fraction of sp³-hybridized carbons (Fsp3) is 0.0400. The summed E-state index contributed by atoms with van der Waals surface area (Å²) in [5, 5.41) is 22.4. The van der Waals surface area contributed by atoms with E-state index in [-0.39, 0.29) is 23.2 Å². The molecule has 0 radical (unpaired) electrons. The third-order valence-electron chi connectivity index (χ3n) is 4.67. The summed E-state index contributed by atoms with van der Waals surface area (Å²) < 4.78 is 5.96. The molecular formula is C25H15Cl3N4O2S. The van der Waals surface area contributed by atoms with Crippen LogP contribution in [0.3, 0.4) is 0 Å². The van der Waals surface area contributed by atoms with Crippen LogP contribution in [0, 0.1) is 11.3 Å². The first-order valence-corrected chi connectivity index (χ1v) is 12.1. The van der Waals surface area contributed by atoms with Gasteiger partial charge in [0.05, 0.1) is 10.6 Å². The molecule has 0 unspecified atom stereocenters. The van der Waals surface area contributed by atoms with Crippen molar-refractivity contribution in [3.8, 4) is 11.8 Å². The molecule has 0 fully saturated rings. The van der Waals surface area contributed by atoms with Gasteiger partial charge in [-0.2, -0.15) is 5.26 Å². The average Bonchev–Trinajstić information content (AvgIpc) is 3.31. The van der Waals surface area contributed by atoms with Gasteiger partial charge in [-0.05, 0) is 48.0 Å². The van der Waals surface area contributed by atoms with Gasteiger partial charge in [-0.1, -0.05) is 76.5 Å². The van der Waals surface area contributed by atoms with Crippen LogP contribution in [-0.4, -0.2) is 16.1 Å². The fourth-order valence-electron chi connectivity index (χ4n) is 3.01. The Morgan fingerprint density at radius 3 is 2.49 bits per heavy atom. The van der Waals surface area contributed by atoms with Crippen LogP contribution in [0.5, 0.6) is 5.75 Å². The van der Waals surface area contributed by atoms with Gasteiger partial charge < -0.3 is 4.74 Å². The van der Waals surface area contributed by atoms with Gasteiger partial charge in [0.25, 0.3) is 5.91 Å². The standard InChI is InChI=1S/C25H15Cl3N4O2S/c26-19-8-6-15(7-9-19)14-34-22-17(11-20(27)12-21(22)28)10-18(13-29)24-31-32-25(35-24)30-23(33)16-4-2-1-3-5-16/h1-12H,14H2,(H,30,32,33). The minimum atomic E-state index is -0.324. The number of aromatic nitrogens is 2. The van der Waals surface area contributed by atoms with Crippen LogP contribution in [0.25, 0.3) is 11.6 Å². The van der Waals surface area contributed by atoms with Gasteiger partial charge >= 0.3 is 0 Å². The number of halogens is 3. The second-order valence-electron chi connectivity index (χ2n) is 7.12. The molecule has 0 aliphatic carbocycles. The van der Waals surface area contributed by atoms with Crippen molar-refractivity contribution in [2.45, 2.75) is 6.61 Å². The summed E-state index contributed by atoms with van der Waals surface area (Å²) in [6, 6.07) is 21.2. The number of nitriles is 1. The Bertz CT molecular complexity index is 1430. The van der Waals surface area contributed by atoms with Gasteiger partial charge in [-0.25, -0.2) is 0 Å². The molecule has 6 nitrogen and oxygen atoms in total. The van der Waals surface area contributed by atoms with Crippen molar-refractivity contribution < 1.29 is 9.53 Å². The highest BCUT2D eigenvalue weighted by Gasteiger charge is 2.16. The molecule has 3 aromatic carbocycles. The Labute approximate surface area is 220 Å². The van der Waals surface area contributed by atoms with Crippen LogP contribution in [0.2, 0.25) is 15.1 Å². The van der Waals surface area contributed by atoms with Crippen LogP contribution >= 0.6 is 46.1 Å². The zero-order valence-electron chi connectivity index (χ0n) is 17.8. The first kappa shape index (κ1) is 24.7. The summed E-state index contributed by atoms with van der Waals surface area (Å²) in [6.07, 6.45) is 1.57. The summed E-state index contributed by atoms with van der Waals surface area (Å²) in [5.74, 6) is 0.0381. The molecule has 174 valence electrons. The number of anilines is 1. The lowest BCUT2D eigenvalue weighted by Crippen LogP contribution is -2.11. The van der Waals surface area contributed by atoms with E-state index in [9.17, 15) is 10.1 Å². The van der Waals surface area contributed by atoms with E-state index in [1.54, 1.807) is 54.6 Å². The van der Waals surface area contributed by atoms with E-state index in [4.69, 9.17) is 39.5 Å². The van der Waals surface area contributed by atoms with E-state index < -0.39 is 0 Å². The van der Waals surface area contributed by atoms with Crippen LogP contribution in [0.1, 0.15) is 26.5 Å². The molecule has 1 N–H and O–H groups in total. The molecule has 0 atom stereocenters. The second kappa shape index (κ2) is 11.3. The molecule has 1 amide bonds. The van der Waals surface area contributed by atoms with Crippen molar-refractivity contribution in [3.63, 3.8) is 0 Å². The molecular weight excluding hydrogens is 527 g/mol. The van der Waals surface area contributed by atoms with Gasteiger partial charge in [0.1, 0.15) is 18.4 Å². The number of amides is 1. The Morgan fingerprint density at radius 1 is 1.03 bits per heavy atom. The van der Waals surface area contributed by atoms with Gasteiger partial charge in [0.15, 0.2) is 5.01 Å². The van der Waals surface area contributed by atoms with Gasteiger partial charge in [0.2, 0.25) is 5.13 Å². The zero-order valence-corrected chi connectivity index (χ0v) is 20.9. The Kier molecular flexibility index (Phi) is 8.01. The number of nitrogens with one attached hydrogen (secondary N) is 1. The van der Waals surface area contributed by atoms with Crippen LogP contribution in [0.4, 0.5) is 5.13 Å². The van der Waals surface area contributed by atoms with Gasteiger partial charge in [-0.3, -0.25) is 10.1 Å². The zero-order chi connectivity index (χ0) is 24.8. The summed E-state index contributed by atoms with van der Waals surface area (Å²) in [7, 11) is 0. The monoisotopic (exact) mass is 540 g/mol. The summed E-state index contributed by atoms with van der Waals surface area (Å²) in [5.41, 5.74) is 2.07. The van der Waals surface area contributed by atoms with Gasteiger partial charge in [-0.15, -0.1) is 10.2 Å². The molecule has 0 spiro atoms. The van der Waals surface area contributed by atoms with Crippen LogP contribution in [-0.2, 0) is 6.61 Å². The molecule has 0 aliphatic rings. The van der Waals surface area contributed by atoms with Crippen molar-refractivity contribution in [1.29, 1.82) is 5.26 Å². The molecule has 1 heterocycles. The maximum absolute atomic E-state index is 12.4. The molecule has 0 saturated heterocycles. The summed E-state index contributed by atoms with van der Waals surface area (Å²) in [6.45, 7) is 0.232. The van der Waals surface area contributed by atoms with Crippen molar-refractivity contribution in [1.82, 2.24) is 10.2 Å². The highest BCUT2D eigenvalue weighted by molar-refractivity contribution is 7.16. The number of carbonyl (C=O) groups is 1. The molecule has 10 heteroatoms. The molecule has 4 aromatic rings. The number of nitrogens with zero attached hydrogens (tertiary/aromatic N) is 3. The Balaban J connectivity index is 1.58. The van der Waals surface area contributed by atoms with E-state index in [2.05, 4.69) is 21.6 Å². The lowest BCUT2D eigenvalue weighted by Gasteiger charge is -2.12. The second-order valence-corrected chi connectivity index (χ2v) is 9.38. The first-order valence-electron chi connectivity index (χ1n) is 10.1. The lowest BCUT2D eigenvalue weighted by atomic mass is 10.1. The molecule has 4 rings (SSSR count). The number of hydrogen-bond acceptors (Lipinski definition) is 6. The maximum atomic E-state index is 12.4. The molecule has 0 saturated carbocycles. The topological polar surface area (TPSA) is 87.9 Å². The predicted octanol–water partition coefficient (Wildman–Crippen LogP) is 7.39. The maximum Gasteiger partial charge on any atom is 0.257 e. The van der Waals surface area contributed by atoms with E-state index in [1.165, 1.54) is 0 Å².